The molecule has 1 saturated heterocycles. The van der Waals surface area contributed by atoms with Gasteiger partial charge in [0.1, 0.15) is 11.2 Å². The van der Waals surface area contributed by atoms with Crippen LogP contribution in [0.3, 0.4) is 0 Å². The van der Waals surface area contributed by atoms with E-state index in [1.807, 2.05) is 17.5 Å². The fraction of sp³-hybridized carbons (Fsp3) is 0.250. The van der Waals surface area contributed by atoms with E-state index in [9.17, 15) is 4.79 Å². The maximum absolute atomic E-state index is 12.9. The number of rotatable bonds is 7. The maximum Gasteiger partial charge on any atom is 0.263 e. The Morgan fingerprint density at radius 2 is 1.70 bits per heavy atom. The third-order valence-electron chi connectivity index (χ3n) is 5.89. The third-order valence-corrected chi connectivity index (χ3v) is 6.79. The lowest BCUT2D eigenvalue weighted by Gasteiger charge is -2.36. The van der Waals surface area contributed by atoms with Gasteiger partial charge in [0.25, 0.3) is 5.91 Å². The molecular formula is C24H25N7OS. The number of piperazine rings is 1. The quantitative estimate of drug-likeness (QED) is 0.458. The number of para-hydroxylation sites is 1. The number of carbonyl (C=O) groups excluding carboxylic acids is 1. The fourth-order valence-electron chi connectivity index (χ4n) is 4.11. The standard InChI is InChI=1S/C24H25N7OS/c32-24(23-22(10-15-33-23)31-18-26-27-28-31)25-16-19-6-4-5-7-20(19)17-29-11-13-30(14-12-29)21-8-2-1-3-9-21/h1-10,15,18H,11-14,16-17H2,(H,25,32). The summed E-state index contributed by atoms with van der Waals surface area (Å²) in [7, 11) is 0. The average Bonchev–Trinajstić information content (AvgIpc) is 3.56. The smallest absolute Gasteiger partial charge is 0.263 e. The summed E-state index contributed by atoms with van der Waals surface area (Å²) in [5.41, 5.74) is 4.36. The number of carbonyl (C=O) groups is 1. The Labute approximate surface area is 196 Å². The molecule has 0 bridgehead atoms. The van der Waals surface area contributed by atoms with E-state index in [4.69, 9.17) is 0 Å². The van der Waals surface area contributed by atoms with Crippen LogP contribution in [0.4, 0.5) is 5.69 Å². The molecule has 0 spiro atoms. The van der Waals surface area contributed by atoms with E-state index in [-0.39, 0.29) is 5.91 Å². The first kappa shape index (κ1) is 21.3. The SMILES string of the molecule is O=C(NCc1ccccc1CN1CCN(c2ccccc2)CC1)c1sccc1-n1cnnn1. The summed E-state index contributed by atoms with van der Waals surface area (Å²) in [6, 6.07) is 20.8. The van der Waals surface area contributed by atoms with Crippen molar-refractivity contribution in [3.05, 3.63) is 88.4 Å². The fourth-order valence-corrected chi connectivity index (χ4v) is 4.90. The highest BCUT2D eigenvalue weighted by Crippen LogP contribution is 2.21. The van der Waals surface area contributed by atoms with Gasteiger partial charge in [-0.3, -0.25) is 9.69 Å². The van der Waals surface area contributed by atoms with Gasteiger partial charge in [0.05, 0.1) is 5.69 Å². The van der Waals surface area contributed by atoms with Gasteiger partial charge in [-0.15, -0.1) is 16.4 Å². The van der Waals surface area contributed by atoms with Crippen LogP contribution in [0.5, 0.6) is 0 Å². The second-order valence-electron chi connectivity index (χ2n) is 7.94. The molecule has 4 aromatic rings. The number of nitrogens with zero attached hydrogens (tertiary/aromatic N) is 6. The van der Waals surface area contributed by atoms with Crippen molar-refractivity contribution < 1.29 is 4.79 Å². The third kappa shape index (κ3) is 4.94. The van der Waals surface area contributed by atoms with E-state index >= 15 is 0 Å². The van der Waals surface area contributed by atoms with Crippen molar-refractivity contribution in [2.24, 2.45) is 0 Å². The van der Waals surface area contributed by atoms with Crippen molar-refractivity contribution >= 4 is 22.9 Å². The van der Waals surface area contributed by atoms with E-state index < -0.39 is 0 Å². The highest BCUT2D eigenvalue weighted by atomic mass is 32.1. The lowest BCUT2D eigenvalue weighted by Crippen LogP contribution is -2.46. The monoisotopic (exact) mass is 459 g/mol. The molecular weight excluding hydrogens is 434 g/mol. The van der Waals surface area contributed by atoms with Gasteiger partial charge in [-0.1, -0.05) is 42.5 Å². The van der Waals surface area contributed by atoms with Crippen molar-refractivity contribution in [1.29, 1.82) is 0 Å². The van der Waals surface area contributed by atoms with Gasteiger partial charge in [-0.2, -0.15) is 4.68 Å². The normalized spacial score (nSPS) is 14.4. The summed E-state index contributed by atoms with van der Waals surface area (Å²) >= 11 is 1.38. The molecule has 0 radical (unpaired) electrons. The van der Waals surface area contributed by atoms with Crippen LogP contribution in [0.1, 0.15) is 20.8 Å². The van der Waals surface area contributed by atoms with Crippen LogP contribution in [-0.2, 0) is 13.1 Å². The Morgan fingerprint density at radius 1 is 0.939 bits per heavy atom. The van der Waals surface area contributed by atoms with Crippen LogP contribution in [0.2, 0.25) is 0 Å². The first-order chi connectivity index (χ1) is 16.3. The molecule has 0 aliphatic carbocycles. The molecule has 1 aliphatic heterocycles. The van der Waals surface area contributed by atoms with Crippen molar-refractivity contribution in [1.82, 2.24) is 30.4 Å². The zero-order valence-electron chi connectivity index (χ0n) is 18.2. The number of anilines is 1. The molecule has 2 aromatic carbocycles. The Balaban J connectivity index is 1.20. The summed E-state index contributed by atoms with van der Waals surface area (Å²) < 4.78 is 1.51. The summed E-state index contributed by atoms with van der Waals surface area (Å²) in [4.78, 5) is 18.4. The minimum absolute atomic E-state index is 0.123. The van der Waals surface area contributed by atoms with E-state index in [1.54, 1.807) is 0 Å². The minimum atomic E-state index is -0.123. The molecule has 168 valence electrons. The number of tetrazole rings is 1. The van der Waals surface area contributed by atoms with Crippen molar-refractivity contribution in [2.75, 3.05) is 31.1 Å². The summed E-state index contributed by atoms with van der Waals surface area (Å²) in [6.45, 7) is 5.41. The van der Waals surface area contributed by atoms with E-state index in [2.05, 4.69) is 79.2 Å². The number of hydrogen-bond donors (Lipinski definition) is 1. The predicted octanol–water partition coefficient (Wildman–Crippen LogP) is 2.98. The van der Waals surface area contributed by atoms with Gasteiger partial charge in [-0.25, -0.2) is 0 Å². The number of thiophene rings is 1. The van der Waals surface area contributed by atoms with Gasteiger partial charge in [0.15, 0.2) is 0 Å². The lowest BCUT2D eigenvalue weighted by molar-refractivity contribution is 0.0954. The zero-order chi connectivity index (χ0) is 22.5. The summed E-state index contributed by atoms with van der Waals surface area (Å²) in [5.74, 6) is -0.123. The average molecular weight is 460 g/mol. The second kappa shape index (κ2) is 9.93. The number of hydrogen-bond acceptors (Lipinski definition) is 7. The van der Waals surface area contributed by atoms with Gasteiger partial charge < -0.3 is 10.2 Å². The Hall–Kier alpha value is -3.56. The van der Waals surface area contributed by atoms with E-state index in [1.165, 1.54) is 33.6 Å². The van der Waals surface area contributed by atoms with Crippen molar-refractivity contribution in [2.45, 2.75) is 13.1 Å². The van der Waals surface area contributed by atoms with Crippen LogP contribution in [0, 0.1) is 0 Å². The molecule has 33 heavy (non-hydrogen) atoms. The van der Waals surface area contributed by atoms with Crippen LogP contribution in [0.15, 0.2) is 72.4 Å². The zero-order valence-corrected chi connectivity index (χ0v) is 19.0. The molecule has 1 amide bonds. The molecule has 3 heterocycles. The number of amides is 1. The van der Waals surface area contributed by atoms with Gasteiger partial charge in [0, 0.05) is 45.0 Å². The van der Waals surface area contributed by atoms with E-state index in [0.717, 1.165) is 38.3 Å². The molecule has 0 unspecified atom stereocenters. The second-order valence-corrected chi connectivity index (χ2v) is 8.86. The topological polar surface area (TPSA) is 79.2 Å². The minimum Gasteiger partial charge on any atom is -0.369 e. The Morgan fingerprint density at radius 3 is 2.45 bits per heavy atom. The summed E-state index contributed by atoms with van der Waals surface area (Å²) in [5, 5.41) is 16.2. The van der Waals surface area contributed by atoms with E-state index in [0.29, 0.717) is 17.1 Å². The van der Waals surface area contributed by atoms with Gasteiger partial charge in [-0.05, 0) is 45.1 Å². The predicted molar refractivity (Wildman–Crippen MR) is 129 cm³/mol. The molecule has 5 rings (SSSR count). The molecule has 1 N–H and O–H groups in total. The first-order valence-electron chi connectivity index (χ1n) is 11.0. The molecule has 0 saturated carbocycles. The lowest BCUT2D eigenvalue weighted by atomic mass is 10.1. The molecule has 0 atom stereocenters. The number of benzene rings is 2. The van der Waals surface area contributed by atoms with Crippen LogP contribution in [0.25, 0.3) is 5.69 Å². The molecule has 2 aromatic heterocycles. The molecule has 1 fully saturated rings. The Kier molecular flexibility index (Phi) is 6.41. The number of aromatic nitrogens is 4. The van der Waals surface area contributed by atoms with Gasteiger partial charge in [0.2, 0.25) is 0 Å². The molecule has 1 aliphatic rings. The van der Waals surface area contributed by atoms with Crippen LogP contribution >= 0.6 is 11.3 Å². The van der Waals surface area contributed by atoms with Crippen molar-refractivity contribution in [3.8, 4) is 5.69 Å². The van der Waals surface area contributed by atoms with Crippen LogP contribution in [-0.4, -0.2) is 57.2 Å². The first-order valence-corrected chi connectivity index (χ1v) is 11.8. The maximum atomic E-state index is 12.9. The Bertz CT molecular complexity index is 1180. The number of nitrogens with one attached hydrogen (secondary N) is 1. The molecule has 9 heteroatoms. The molecule has 8 nitrogen and oxygen atoms in total. The summed E-state index contributed by atoms with van der Waals surface area (Å²) in [6.07, 6.45) is 1.49. The van der Waals surface area contributed by atoms with Crippen molar-refractivity contribution in [3.63, 3.8) is 0 Å². The van der Waals surface area contributed by atoms with Gasteiger partial charge >= 0.3 is 0 Å². The highest BCUT2D eigenvalue weighted by molar-refractivity contribution is 7.12. The van der Waals surface area contributed by atoms with Crippen LogP contribution < -0.4 is 10.2 Å². The largest absolute Gasteiger partial charge is 0.369 e. The highest BCUT2D eigenvalue weighted by Gasteiger charge is 2.19.